The van der Waals surface area contributed by atoms with E-state index in [9.17, 15) is 13.2 Å². The van der Waals surface area contributed by atoms with Crippen LogP contribution < -0.4 is 11.1 Å². The van der Waals surface area contributed by atoms with Crippen molar-refractivity contribution >= 4 is 39.7 Å². The van der Waals surface area contributed by atoms with Gasteiger partial charge in [0, 0.05) is 30.0 Å². The number of alkyl halides is 3. The van der Waals surface area contributed by atoms with E-state index in [-0.39, 0.29) is 22.9 Å². The summed E-state index contributed by atoms with van der Waals surface area (Å²) in [7, 11) is 0. The van der Waals surface area contributed by atoms with Crippen LogP contribution in [0.3, 0.4) is 0 Å². The number of hydrogen-bond donors (Lipinski definition) is 2. The van der Waals surface area contributed by atoms with Crippen molar-refractivity contribution in [3.8, 4) is 12.3 Å². The van der Waals surface area contributed by atoms with Crippen molar-refractivity contribution in [2.24, 2.45) is 5.73 Å². The smallest absolute Gasteiger partial charge is 0.390 e. The molecule has 0 radical (unpaired) electrons. The molecule has 3 N–H and O–H groups in total. The highest BCUT2D eigenvalue weighted by Crippen LogP contribution is 2.33. The van der Waals surface area contributed by atoms with Crippen LogP contribution in [-0.4, -0.2) is 17.2 Å². The van der Waals surface area contributed by atoms with E-state index in [4.69, 9.17) is 28.2 Å². The van der Waals surface area contributed by atoms with E-state index >= 15 is 0 Å². The lowest BCUT2D eigenvalue weighted by Gasteiger charge is -2.12. The van der Waals surface area contributed by atoms with Crippen LogP contribution in [0.1, 0.15) is 22.6 Å². The average Bonchev–Trinajstić information content (AvgIpc) is 3.18. The first kappa shape index (κ1) is 19.5. The highest BCUT2D eigenvalue weighted by molar-refractivity contribution is 7.09. The van der Waals surface area contributed by atoms with E-state index in [1.165, 1.54) is 0 Å². The van der Waals surface area contributed by atoms with Gasteiger partial charge in [-0.2, -0.15) is 13.2 Å². The van der Waals surface area contributed by atoms with Gasteiger partial charge in [-0.15, -0.1) is 17.8 Å². The summed E-state index contributed by atoms with van der Waals surface area (Å²) < 4.78 is 43.4. The number of nitrogens with two attached hydrogens (primary N) is 1. The minimum Gasteiger partial charge on any atom is -0.456 e. The van der Waals surface area contributed by atoms with Crippen LogP contribution >= 0.6 is 22.9 Å². The quantitative estimate of drug-likeness (QED) is 0.443. The molecule has 0 fully saturated rings. The summed E-state index contributed by atoms with van der Waals surface area (Å²) in [6.07, 6.45) is -0.112. The van der Waals surface area contributed by atoms with Crippen LogP contribution in [0.4, 0.5) is 18.9 Å². The zero-order valence-electron chi connectivity index (χ0n) is 13.9. The topological polar surface area (TPSA) is 64.1 Å². The Bertz CT molecular complexity index is 977. The van der Waals surface area contributed by atoms with Gasteiger partial charge in [0.1, 0.15) is 16.4 Å². The molecule has 3 heterocycles. The van der Waals surface area contributed by atoms with E-state index in [0.29, 0.717) is 23.3 Å². The first-order chi connectivity index (χ1) is 12.8. The van der Waals surface area contributed by atoms with Crippen LogP contribution in [-0.2, 0) is 13.0 Å². The van der Waals surface area contributed by atoms with E-state index in [0.717, 1.165) is 4.88 Å². The van der Waals surface area contributed by atoms with Crippen LogP contribution in [0, 0.1) is 12.3 Å². The second-order valence-electron chi connectivity index (χ2n) is 5.93. The number of nitrogens with zero attached hydrogens (tertiary/aromatic N) is 1. The fourth-order valence-electron chi connectivity index (χ4n) is 2.71. The molecular formula is C18H15ClF3N3OS. The number of hydrogen-bond acceptors (Lipinski definition) is 5. The fourth-order valence-corrected chi connectivity index (χ4v) is 3.55. The maximum Gasteiger partial charge on any atom is 0.390 e. The molecule has 0 amide bonds. The molecule has 0 spiro atoms. The Balaban J connectivity index is 1.94. The summed E-state index contributed by atoms with van der Waals surface area (Å²) in [4.78, 5) is 5.27. The van der Waals surface area contributed by atoms with Crippen molar-refractivity contribution in [2.75, 3.05) is 5.32 Å². The summed E-state index contributed by atoms with van der Waals surface area (Å²) in [5, 5.41) is 5.35. The van der Waals surface area contributed by atoms with Crippen LogP contribution in [0.2, 0.25) is 5.15 Å². The third-order valence-electron chi connectivity index (χ3n) is 3.80. The minimum absolute atomic E-state index is 0.155. The molecule has 3 aromatic rings. The number of anilines is 1. The van der Waals surface area contributed by atoms with Crippen molar-refractivity contribution in [3.05, 3.63) is 44.9 Å². The molecule has 3 aromatic heterocycles. The number of thiophene rings is 1. The van der Waals surface area contributed by atoms with Crippen LogP contribution in [0.25, 0.3) is 11.1 Å². The monoisotopic (exact) mass is 413 g/mol. The molecule has 0 aromatic carbocycles. The van der Waals surface area contributed by atoms with Crippen molar-refractivity contribution in [1.82, 2.24) is 4.98 Å². The molecule has 0 unspecified atom stereocenters. The van der Waals surface area contributed by atoms with Gasteiger partial charge in [0.25, 0.3) is 0 Å². The summed E-state index contributed by atoms with van der Waals surface area (Å²) in [6, 6.07) is 4.31. The third kappa shape index (κ3) is 4.75. The highest BCUT2D eigenvalue weighted by Gasteiger charge is 2.31. The minimum atomic E-state index is -4.36. The van der Waals surface area contributed by atoms with Gasteiger partial charge in [-0.1, -0.05) is 23.6 Å². The first-order valence-corrected chi connectivity index (χ1v) is 9.19. The van der Waals surface area contributed by atoms with Gasteiger partial charge in [-0.3, -0.25) is 0 Å². The van der Waals surface area contributed by atoms with Crippen LogP contribution in [0.5, 0.6) is 0 Å². The first-order valence-electron chi connectivity index (χ1n) is 7.94. The molecule has 27 heavy (non-hydrogen) atoms. The lowest BCUT2D eigenvalue weighted by atomic mass is 10.1. The van der Waals surface area contributed by atoms with Crippen molar-refractivity contribution in [2.45, 2.75) is 31.6 Å². The molecule has 0 aliphatic rings. The second-order valence-corrected chi connectivity index (χ2v) is 7.35. The number of rotatable bonds is 6. The van der Waals surface area contributed by atoms with Crippen molar-refractivity contribution in [1.29, 1.82) is 0 Å². The SMILES string of the molecule is C#Cc1c(C[C@@H](N)CC(F)(F)F)oc2c(NCc3cccs3)cc(Cl)nc12. The maximum atomic E-state index is 12.6. The van der Waals surface area contributed by atoms with E-state index in [1.54, 1.807) is 17.4 Å². The summed E-state index contributed by atoms with van der Waals surface area (Å²) >= 11 is 7.66. The van der Waals surface area contributed by atoms with Crippen molar-refractivity contribution in [3.63, 3.8) is 0 Å². The lowest BCUT2D eigenvalue weighted by molar-refractivity contribution is -0.138. The van der Waals surface area contributed by atoms with Gasteiger partial charge >= 0.3 is 6.18 Å². The van der Waals surface area contributed by atoms with Gasteiger partial charge in [0.15, 0.2) is 5.58 Å². The number of aromatic nitrogens is 1. The molecule has 4 nitrogen and oxygen atoms in total. The average molecular weight is 414 g/mol. The molecule has 0 aliphatic heterocycles. The fraction of sp³-hybridized carbons (Fsp3) is 0.278. The Kier molecular flexibility index (Phi) is 5.65. The van der Waals surface area contributed by atoms with Crippen molar-refractivity contribution < 1.29 is 17.6 Å². The Hall–Kier alpha value is -2.21. The van der Waals surface area contributed by atoms with E-state index in [1.807, 2.05) is 17.5 Å². The molecule has 0 aliphatic carbocycles. The van der Waals surface area contributed by atoms with Crippen LogP contribution in [0.15, 0.2) is 28.0 Å². The Morgan fingerprint density at radius 3 is 2.85 bits per heavy atom. The number of nitrogens with one attached hydrogen (secondary N) is 1. The van der Waals surface area contributed by atoms with E-state index < -0.39 is 18.6 Å². The lowest BCUT2D eigenvalue weighted by Crippen LogP contribution is -2.29. The predicted octanol–water partition coefficient (Wildman–Crippen LogP) is 4.96. The van der Waals surface area contributed by atoms with Gasteiger partial charge < -0.3 is 15.5 Å². The zero-order valence-corrected chi connectivity index (χ0v) is 15.5. The number of halogens is 4. The predicted molar refractivity (Wildman–Crippen MR) is 101 cm³/mol. The molecule has 3 rings (SSSR count). The molecular weight excluding hydrogens is 399 g/mol. The number of furan rings is 1. The summed E-state index contributed by atoms with van der Waals surface area (Å²) in [6.45, 7) is 0.530. The Morgan fingerprint density at radius 1 is 1.44 bits per heavy atom. The molecule has 142 valence electrons. The summed E-state index contributed by atoms with van der Waals surface area (Å²) in [5.74, 6) is 2.63. The van der Waals surface area contributed by atoms with Gasteiger partial charge in [0.2, 0.25) is 0 Å². The molecule has 0 bridgehead atoms. The van der Waals surface area contributed by atoms with Gasteiger partial charge in [-0.25, -0.2) is 4.98 Å². The molecule has 1 atom stereocenters. The van der Waals surface area contributed by atoms with E-state index in [2.05, 4.69) is 16.2 Å². The maximum absolute atomic E-state index is 12.6. The number of fused-ring (bicyclic) bond motifs is 1. The molecule has 0 saturated carbocycles. The van der Waals surface area contributed by atoms with Gasteiger partial charge in [0.05, 0.1) is 17.7 Å². The highest BCUT2D eigenvalue weighted by atomic mass is 35.5. The largest absolute Gasteiger partial charge is 0.456 e. The number of pyridine rings is 1. The Morgan fingerprint density at radius 2 is 2.22 bits per heavy atom. The third-order valence-corrected chi connectivity index (χ3v) is 4.87. The zero-order chi connectivity index (χ0) is 19.6. The number of terminal acetylenes is 1. The second kappa shape index (κ2) is 7.80. The molecule has 9 heteroatoms. The summed E-state index contributed by atoms with van der Waals surface area (Å²) in [5.41, 5.74) is 7.12. The van der Waals surface area contributed by atoms with Gasteiger partial charge in [-0.05, 0) is 11.4 Å². The molecule has 0 saturated heterocycles. The Labute approximate surface area is 162 Å². The standard InChI is InChI=1S/C18H15ClF3N3OS/c1-2-12-14(6-10(23)8-18(20,21)22)26-17-13(7-15(19)25-16(12)17)24-9-11-4-3-5-27-11/h1,3-5,7,10H,6,8-9,23H2,(H,24,25)/t10-/m1/s1. The normalized spacial score (nSPS) is 12.9.